The Morgan fingerprint density at radius 3 is 2.00 bits per heavy atom. The van der Waals surface area contributed by atoms with Crippen LogP contribution in [0.2, 0.25) is 0 Å². The number of benzene rings is 2. The number of halogens is 3. The highest BCUT2D eigenvalue weighted by Crippen LogP contribution is 2.28. The van der Waals surface area contributed by atoms with Gasteiger partial charge >= 0.3 is 0 Å². The minimum absolute atomic E-state index is 0.0451. The lowest BCUT2D eigenvalue weighted by Crippen LogP contribution is -2.17. The zero-order valence-electron chi connectivity index (χ0n) is 10.7. The highest BCUT2D eigenvalue weighted by atomic mass is 19.2. The van der Waals surface area contributed by atoms with Gasteiger partial charge in [-0.2, -0.15) is 0 Å². The molecule has 4 heteroatoms. The van der Waals surface area contributed by atoms with E-state index in [2.05, 4.69) is 0 Å². The predicted molar refractivity (Wildman–Crippen MR) is 68.3 cm³/mol. The van der Waals surface area contributed by atoms with Crippen LogP contribution >= 0.6 is 0 Å². The van der Waals surface area contributed by atoms with E-state index in [0.717, 1.165) is 22.8 Å². The van der Waals surface area contributed by atoms with Gasteiger partial charge in [0.2, 0.25) is 0 Å². The molecule has 2 aromatic rings. The largest absolute Gasteiger partial charge is 0.320 e. The molecule has 0 bridgehead atoms. The summed E-state index contributed by atoms with van der Waals surface area (Å²) in [6, 6.07) is 6.08. The molecule has 19 heavy (non-hydrogen) atoms. The van der Waals surface area contributed by atoms with Crippen molar-refractivity contribution < 1.29 is 13.2 Å². The molecule has 0 aliphatic rings. The molecule has 1 unspecified atom stereocenters. The Morgan fingerprint density at radius 2 is 1.42 bits per heavy atom. The summed E-state index contributed by atoms with van der Waals surface area (Å²) in [7, 11) is 0. The number of hydrogen-bond acceptors (Lipinski definition) is 1. The maximum absolute atomic E-state index is 13.7. The number of nitrogens with two attached hydrogens (primary N) is 1. The van der Waals surface area contributed by atoms with Gasteiger partial charge in [0.05, 0.1) is 6.04 Å². The monoisotopic (exact) mass is 265 g/mol. The van der Waals surface area contributed by atoms with Crippen LogP contribution in [0.4, 0.5) is 13.2 Å². The van der Waals surface area contributed by atoms with Crippen LogP contribution in [0.3, 0.4) is 0 Å². The van der Waals surface area contributed by atoms with Crippen molar-refractivity contribution in [3.05, 3.63) is 70.0 Å². The van der Waals surface area contributed by atoms with Gasteiger partial charge in [-0.15, -0.1) is 0 Å². The van der Waals surface area contributed by atoms with E-state index in [9.17, 15) is 13.2 Å². The third-order valence-electron chi connectivity index (χ3n) is 3.23. The molecule has 2 N–H and O–H groups in total. The van der Waals surface area contributed by atoms with Gasteiger partial charge < -0.3 is 5.73 Å². The Morgan fingerprint density at radius 1 is 0.895 bits per heavy atom. The van der Waals surface area contributed by atoms with Gasteiger partial charge in [-0.05, 0) is 36.6 Å². The third kappa shape index (κ3) is 2.49. The Labute approximate surface area is 109 Å². The molecule has 0 saturated heterocycles. The van der Waals surface area contributed by atoms with Crippen molar-refractivity contribution in [3.63, 3.8) is 0 Å². The van der Waals surface area contributed by atoms with Gasteiger partial charge in [0.25, 0.3) is 0 Å². The zero-order chi connectivity index (χ0) is 14.2. The molecule has 0 spiro atoms. The highest BCUT2D eigenvalue weighted by Gasteiger charge is 2.19. The Hall–Kier alpha value is -1.81. The molecule has 1 atom stereocenters. The maximum atomic E-state index is 13.7. The van der Waals surface area contributed by atoms with E-state index >= 15 is 0 Å². The minimum Gasteiger partial charge on any atom is -0.320 e. The van der Waals surface area contributed by atoms with Crippen LogP contribution in [0.15, 0.2) is 30.3 Å². The molecule has 0 aliphatic heterocycles. The van der Waals surface area contributed by atoms with Crippen molar-refractivity contribution in [2.75, 3.05) is 0 Å². The SMILES string of the molecule is Cc1cccc(C)c1C(N)c1cc(F)c(F)cc1F. The van der Waals surface area contributed by atoms with Gasteiger partial charge in [-0.1, -0.05) is 18.2 Å². The predicted octanol–water partition coefficient (Wildman–Crippen LogP) is 3.77. The first-order valence-corrected chi connectivity index (χ1v) is 5.88. The van der Waals surface area contributed by atoms with Gasteiger partial charge in [-0.25, -0.2) is 13.2 Å². The van der Waals surface area contributed by atoms with Crippen LogP contribution in [-0.4, -0.2) is 0 Å². The number of aryl methyl sites for hydroxylation is 2. The van der Waals surface area contributed by atoms with Crippen molar-refractivity contribution in [3.8, 4) is 0 Å². The summed E-state index contributed by atoms with van der Waals surface area (Å²) in [5.74, 6) is -3.15. The fraction of sp³-hybridized carbons (Fsp3) is 0.200. The van der Waals surface area contributed by atoms with Gasteiger partial charge in [-0.3, -0.25) is 0 Å². The summed E-state index contributed by atoms with van der Waals surface area (Å²) in [4.78, 5) is 0. The second kappa shape index (κ2) is 5.05. The third-order valence-corrected chi connectivity index (χ3v) is 3.23. The first-order valence-electron chi connectivity index (χ1n) is 5.88. The molecule has 0 fully saturated rings. The topological polar surface area (TPSA) is 26.0 Å². The van der Waals surface area contributed by atoms with E-state index in [1.54, 1.807) is 0 Å². The van der Waals surface area contributed by atoms with Crippen LogP contribution in [-0.2, 0) is 0 Å². The Balaban J connectivity index is 2.56. The average molecular weight is 265 g/mol. The fourth-order valence-corrected chi connectivity index (χ4v) is 2.25. The second-order valence-electron chi connectivity index (χ2n) is 4.57. The molecule has 2 rings (SSSR count). The molecule has 2 aromatic carbocycles. The zero-order valence-corrected chi connectivity index (χ0v) is 10.7. The molecule has 100 valence electrons. The van der Waals surface area contributed by atoms with E-state index in [-0.39, 0.29) is 5.56 Å². The van der Waals surface area contributed by atoms with Gasteiger partial charge in [0, 0.05) is 11.6 Å². The van der Waals surface area contributed by atoms with Crippen molar-refractivity contribution in [1.29, 1.82) is 0 Å². The Kier molecular flexibility index (Phi) is 3.62. The van der Waals surface area contributed by atoms with Crippen molar-refractivity contribution in [2.24, 2.45) is 5.73 Å². The molecule has 1 nitrogen and oxygen atoms in total. The highest BCUT2D eigenvalue weighted by molar-refractivity contribution is 5.42. The van der Waals surface area contributed by atoms with E-state index in [1.165, 1.54) is 0 Å². The normalized spacial score (nSPS) is 12.5. The number of hydrogen-bond donors (Lipinski definition) is 1. The molecule has 0 aromatic heterocycles. The molecular weight excluding hydrogens is 251 g/mol. The quantitative estimate of drug-likeness (QED) is 0.822. The van der Waals surface area contributed by atoms with Gasteiger partial charge in [0.15, 0.2) is 11.6 Å². The minimum atomic E-state index is -1.21. The summed E-state index contributed by atoms with van der Waals surface area (Å²) in [6.07, 6.45) is 0. The van der Waals surface area contributed by atoms with Crippen molar-refractivity contribution in [2.45, 2.75) is 19.9 Å². The average Bonchev–Trinajstić information content (AvgIpc) is 2.33. The van der Waals surface area contributed by atoms with Crippen LogP contribution in [0, 0.1) is 31.3 Å². The summed E-state index contributed by atoms with van der Waals surface area (Å²) in [5, 5.41) is 0. The first-order chi connectivity index (χ1) is 8.91. The van der Waals surface area contributed by atoms with E-state index in [0.29, 0.717) is 6.07 Å². The molecule has 0 aliphatic carbocycles. The lowest BCUT2D eigenvalue weighted by molar-refractivity contribution is 0.487. The summed E-state index contributed by atoms with van der Waals surface area (Å²) in [6.45, 7) is 3.69. The van der Waals surface area contributed by atoms with E-state index in [1.807, 2.05) is 32.0 Å². The summed E-state index contributed by atoms with van der Waals surface area (Å²) in [5.41, 5.74) is 8.46. The maximum Gasteiger partial charge on any atom is 0.161 e. The summed E-state index contributed by atoms with van der Waals surface area (Å²) < 4.78 is 39.9. The lowest BCUT2D eigenvalue weighted by Gasteiger charge is -2.18. The lowest BCUT2D eigenvalue weighted by atomic mass is 9.91. The van der Waals surface area contributed by atoms with Crippen LogP contribution in [0.5, 0.6) is 0 Å². The van der Waals surface area contributed by atoms with E-state index in [4.69, 9.17) is 5.73 Å². The molecule has 0 radical (unpaired) electrons. The van der Waals surface area contributed by atoms with Crippen molar-refractivity contribution >= 4 is 0 Å². The van der Waals surface area contributed by atoms with E-state index < -0.39 is 23.5 Å². The smallest absolute Gasteiger partial charge is 0.161 e. The second-order valence-corrected chi connectivity index (χ2v) is 4.57. The van der Waals surface area contributed by atoms with Crippen LogP contribution in [0.25, 0.3) is 0 Å². The number of rotatable bonds is 2. The first kappa shape index (κ1) is 13.6. The molecule has 0 amide bonds. The fourth-order valence-electron chi connectivity index (χ4n) is 2.25. The van der Waals surface area contributed by atoms with Crippen LogP contribution in [0.1, 0.15) is 28.3 Å². The van der Waals surface area contributed by atoms with Crippen LogP contribution < -0.4 is 5.73 Å². The molecule has 0 saturated carbocycles. The summed E-state index contributed by atoms with van der Waals surface area (Å²) >= 11 is 0. The standard InChI is InChI=1S/C15H14F3N/c1-8-4-3-5-9(2)14(8)15(19)10-6-12(17)13(18)7-11(10)16/h3-7,15H,19H2,1-2H3. The Bertz CT molecular complexity index is 603. The van der Waals surface area contributed by atoms with Gasteiger partial charge in [0.1, 0.15) is 5.82 Å². The van der Waals surface area contributed by atoms with Crippen molar-refractivity contribution in [1.82, 2.24) is 0 Å². The molecular formula is C15H14F3N. The molecule has 0 heterocycles.